The van der Waals surface area contributed by atoms with Crippen molar-refractivity contribution in [1.82, 2.24) is 19.9 Å². The first-order chi connectivity index (χ1) is 6.48. The van der Waals surface area contributed by atoms with Gasteiger partial charge in [0.2, 0.25) is 0 Å². The van der Waals surface area contributed by atoms with Gasteiger partial charge in [0.25, 0.3) is 0 Å². The van der Waals surface area contributed by atoms with Crippen LogP contribution in [0.15, 0.2) is 6.20 Å². The Morgan fingerprint density at radius 1 is 1.43 bits per heavy atom. The molecule has 2 heterocycles. The second-order valence-corrected chi connectivity index (χ2v) is 5.06. The second-order valence-electron chi connectivity index (χ2n) is 5.06. The van der Waals surface area contributed by atoms with Gasteiger partial charge in [-0.2, -0.15) is 0 Å². The molecule has 2 rings (SSSR count). The Kier molecular flexibility index (Phi) is 2.10. The zero-order valence-electron chi connectivity index (χ0n) is 9.36. The van der Waals surface area contributed by atoms with Crippen LogP contribution in [0.3, 0.4) is 0 Å². The number of rotatable bonds is 0. The molecular formula is C10H18N4. The van der Waals surface area contributed by atoms with E-state index in [9.17, 15) is 0 Å². The smallest absolute Gasteiger partial charge is 0.0738 e. The van der Waals surface area contributed by atoms with Crippen molar-refractivity contribution in [3.63, 3.8) is 0 Å². The number of hydrogen-bond acceptors (Lipinski definition) is 3. The summed E-state index contributed by atoms with van der Waals surface area (Å²) >= 11 is 0. The Labute approximate surface area is 84.9 Å². The van der Waals surface area contributed by atoms with E-state index < -0.39 is 0 Å². The van der Waals surface area contributed by atoms with Gasteiger partial charge in [0.1, 0.15) is 0 Å². The van der Waals surface area contributed by atoms with Crippen molar-refractivity contribution in [2.24, 2.45) is 0 Å². The normalized spacial score (nSPS) is 23.6. The zero-order chi connectivity index (χ0) is 10.3. The lowest BCUT2D eigenvalue weighted by Crippen LogP contribution is -2.51. The van der Waals surface area contributed by atoms with Crippen LogP contribution in [-0.4, -0.2) is 31.5 Å². The van der Waals surface area contributed by atoms with Crippen LogP contribution in [0.4, 0.5) is 0 Å². The fraction of sp³-hybridized carbons (Fsp3) is 0.800. The quantitative estimate of drug-likeness (QED) is 0.624. The summed E-state index contributed by atoms with van der Waals surface area (Å²) in [5.74, 6) is 0. The fourth-order valence-electron chi connectivity index (χ4n) is 2.13. The lowest BCUT2D eigenvalue weighted by molar-refractivity contribution is 0.0487. The minimum atomic E-state index is 0.217. The molecule has 0 bridgehead atoms. The molecule has 14 heavy (non-hydrogen) atoms. The van der Waals surface area contributed by atoms with E-state index in [2.05, 4.69) is 42.9 Å². The summed E-state index contributed by atoms with van der Waals surface area (Å²) < 4.78 is 2.01. The van der Waals surface area contributed by atoms with Crippen LogP contribution in [0, 0.1) is 0 Å². The third kappa shape index (κ3) is 1.54. The Morgan fingerprint density at radius 2 is 2.14 bits per heavy atom. The van der Waals surface area contributed by atoms with E-state index in [1.807, 2.05) is 10.9 Å². The number of nitrogens with zero attached hydrogens (tertiary/aromatic N) is 4. The summed E-state index contributed by atoms with van der Waals surface area (Å²) in [4.78, 5) is 2.49. The number of aromatic nitrogens is 3. The average Bonchev–Trinajstić information content (AvgIpc) is 2.47. The molecule has 1 aromatic rings. The van der Waals surface area contributed by atoms with Crippen molar-refractivity contribution in [1.29, 1.82) is 0 Å². The van der Waals surface area contributed by atoms with Gasteiger partial charge in [-0.3, -0.25) is 4.90 Å². The lowest BCUT2D eigenvalue weighted by atomic mass is 10.0. The van der Waals surface area contributed by atoms with Crippen LogP contribution in [0.5, 0.6) is 0 Å². The first-order valence-corrected chi connectivity index (χ1v) is 5.12. The molecule has 0 fully saturated rings. The Bertz CT molecular complexity index is 323. The van der Waals surface area contributed by atoms with Crippen LogP contribution in [-0.2, 0) is 13.1 Å². The molecule has 0 amide bonds. The van der Waals surface area contributed by atoms with E-state index in [1.54, 1.807) is 0 Å². The standard InChI is InChI=1S/C10H18N4/c1-8-6-14-9(5-11-12-14)7-13(8)10(2,3)4/h5,8H,6-7H2,1-4H3/t8-/m0/s1. The van der Waals surface area contributed by atoms with Crippen LogP contribution in [0.25, 0.3) is 0 Å². The molecule has 1 aromatic heterocycles. The summed E-state index contributed by atoms with van der Waals surface area (Å²) in [6, 6.07) is 0.532. The maximum absolute atomic E-state index is 4.06. The zero-order valence-corrected chi connectivity index (χ0v) is 9.36. The first-order valence-electron chi connectivity index (χ1n) is 5.12. The molecule has 0 aromatic carbocycles. The Morgan fingerprint density at radius 3 is 2.79 bits per heavy atom. The van der Waals surface area contributed by atoms with Gasteiger partial charge in [-0.15, -0.1) is 5.10 Å². The molecule has 0 saturated heterocycles. The highest BCUT2D eigenvalue weighted by atomic mass is 15.5. The molecule has 0 spiro atoms. The molecule has 4 nitrogen and oxygen atoms in total. The minimum Gasteiger partial charge on any atom is -0.288 e. The molecule has 0 unspecified atom stereocenters. The van der Waals surface area contributed by atoms with E-state index in [0.717, 1.165) is 13.1 Å². The highest BCUT2D eigenvalue weighted by Gasteiger charge is 2.31. The van der Waals surface area contributed by atoms with E-state index in [0.29, 0.717) is 6.04 Å². The molecule has 0 aliphatic carbocycles. The van der Waals surface area contributed by atoms with Crippen molar-refractivity contribution in [2.45, 2.75) is 52.4 Å². The van der Waals surface area contributed by atoms with Gasteiger partial charge in [-0.05, 0) is 27.7 Å². The Balaban J connectivity index is 2.26. The van der Waals surface area contributed by atoms with Crippen molar-refractivity contribution < 1.29 is 0 Å². The first kappa shape index (κ1) is 9.65. The van der Waals surface area contributed by atoms with Crippen molar-refractivity contribution >= 4 is 0 Å². The lowest BCUT2D eigenvalue weighted by Gasteiger charge is -2.42. The van der Waals surface area contributed by atoms with E-state index >= 15 is 0 Å². The summed E-state index contributed by atoms with van der Waals surface area (Å²) in [7, 11) is 0. The molecule has 1 atom stereocenters. The third-order valence-electron chi connectivity index (χ3n) is 2.86. The van der Waals surface area contributed by atoms with Crippen molar-refractivity contribution in [3.8, 4) is 0 Å². The highest BCUT2D eigenvalue weighted by Crippen LogP contribution is 2.24. The summed E-state index contributed by atoms with van der Waals surface area (Å²) in [5, 5.41) is 8.00. The monoisotopic (exact) mass is 194 g/mol. The SMILES string of the molecule is C[C@H]1Cn2nncc2CN1C(C)(C)C. The van der Waals surface area contributed by atoms with Gasteiger partial charge in [0, 0.05) is 18.1 Å². The van der Waals surface area contributed by atoms with Gasteiger partial charge >= 0.3 is 0 Å². The van der Waals surface area contributed by atoms with Crippen molar-refractivity contribution in [2.75, 3.05) is 0 Å². The van der Waals surface area contributed by atoms with Crippen LogP contribution >= 0.6 is 0 Å². The molecule has 78 valence electrons. The third-order valence-corrected chi connectivity index (χ3v) is 2.86. The van der Waals surface area contributed by atoms with E-state index in [-0.39, 0.29) is 5.54 Å². The molecule has 0 saturated carbocycles. The number of fused-ring (bicyclic) bond motifs is 1. The molecule has 1 aliphatic heterocycles. The van der Waals surface area contributed by atoms with Gasteiger partial charge in [0.15, 0.2) is 0 Å². The fourth-order valence-corrected chi connectivity index (χ4v) is 2.13. The van der Waals surface area contributed by atoms with Crippen molar-refractivity contribution in [3.05, 3.63) is 11.9 Å². The summed E-state index contributed by atoms with van der Waals surface area (Å²) in [6.07, 6.45) is 1.87. The molecular weight excluding hydrogens is 176 g/mol. The predicted molar refractivity (Wildman–Crippen MR) is 54.8 cm³/mol. The second kappa shape index (κ2) is 3.05. The molecule has 0 N–H and O–H groups in total. The summed E-state index contributed by atoms with van der Waals surface area (Å²) in [6.45, 7) is 10.9. The van der Waals surface area contributed by atoms with Gasteiger partial charge in [-0.1, -0.05) is 5.21 Å². The number of hydrogen-bond donors (Lipinski definition) is 0. The van der Waals surface area contributed by atoms with Crippen LogP contribution < -0.4 is 0 Å². The topological polar surface area (TPSA) is 34.0 Å². The summed E-state index contributed by atoms with van der Waals surface area (Å²) in [5.41, 5.74) is 1.44. The van der Waals surface area contributed by atoms with Crippen LogP contribution in [0.1, 0.15) is 33.4 Å². The maximum atomic E-state index is 4.06. The van der Waals surface area contributed by atoms with E-state index in [1.165, 1.54) is 5.69 Å². The Hall–Kier alpha value is -0.900. The molecule has 4 heteroatoms. The predicted octanol–water partition coefficient (Wildman–Crippen LogP) is 1.28. The van der Waals surface area contributed by atoms with Gasteiger partial charge in [0.05, 0.1) is 18.4 Å². The highest BCUT2D eigenvalue weighted by molar-refractivity contribution is 5.00. The van der Waals surface area contributed by atoms with E-state index in [4.69, 9.17) is 0 Å². The maximum Gasteiger partial charge on any atom is 0.0738 e. The van der Waals surface area contributed by atoms with Gasteiger partial charge < -0.3 is 0 Å². The largest absolute Gasteiger partial charge is 0.288 e. The minimum absolute atomic E-state index is 0.217. The average molecular weight is 194 g/mol. The molecule has 0 radical (unpaired) electrons. The molecule has 1 aliphatic rings. The van der Waals surface area contributed by atoms with Gasteiger partial charge in [-0.25, -0.2) is 4.68 Å². The van der Waals surface area contributed by atoms with Crippen LogP contribution in [0.2, 0.25) is 0 Å².